The first-order valence-electron chi connectivity index (χ1n) is 8.73. The molecule has 0 radical (unpaired) electrons. The average Bonchev–Trinajstić information content (AvgIpc) is 3.21. The Hall–Kier alpha value is -3.48. The van der Waals surface area contributed by atoms with Crippen LogP contribution in [0.5, 0.6) is 0 Å². The number of fused-ring (bicyclic) bond motifs is 2. The number of rotatable bonds is 5. The van der Waals surface area contributed by atoms with Gasteiger partial charge in [-0.3, -0.25) is 24.3 Å². The molecule has 7 nitrogen and oxygen atoms in total. The molecule has 2 heterocycles. The number of nitrogens with zero attached hydrogens (tertiary/aromatic N) is 2. The topological polar surface area (TPSA) is 90.9 Å². The zero-order valence-electron chi connectivity index (χ0n) is 14.6. The third-order valence-electron chi connectivity index (χ3n) is 4.60. The Labute approximate surface area is 156 Å². The third kappa shape index (κ3) is 3.19. The van der Waals surface area contributed by atoms with E-state index < -0.39 is 11.8 Å². The van der Waals surface area contributed by atoms with Crippen LogP contribution >= 0.6 is 0 Å². The molecule has 0 aliphatic carbocycles. The second-order valence-corrected chi connectivity index (χ2v) is 6.34. The Kier molecular flexibility index (Phi) is 4.42. The first-order valence-corrected chi connectivity index (χ1v) is 8.73. The van der Waals surface area contributed by atoms with E-state index in [1.165, 1.54) is 5.56 Å². The van der Waals surface area contributed by atoms with Crippen LogP contribution in [0.3, 0.4) is 0 Å². The standard InChI is InChI=1S/C20H18N4O3/c25-17(12-24-19(26)15-7-3-4-8-16(15)20(24)27)21-9-10-22-18-14-6-2-1-5-13(14)11-23-18/h1-8H,9-12H2,(H,21,25)(H,22,23). The molecule has 0 saturated carbocycles. The molecule has 2 aliphatic rings. The number of carbonyl (C=O) groups is 3. The highest BCUT2D eigenvalue weighted by atomic mass is 16.2. The highest BCUT2D eigenvalue weighted by molar-refractivity contribution is 6.22. The molecule has 27 heavy (non-hydrogen) atoms. The predicted molar refractivity (Wildman–Crippen MR) is 99.5 cm³/mol. The van der Waals surface area contributed by atoms with Gasteiger partial charge >= 0.3 is 0 Å². The number of imide groups is 1. The maximum atomic E-state index is 12.3. The van der Waals surface area contributed by atoms with Crippen LogP contribution in [0.4, 0.5) is 0 Å². The van der Waals surface area contributed by atoms with Crippen molar-refractivity contribution in [1.82, 2.24) is 15.5 Å². The number of nitrogens with one attached hydrogen (secondary N) is 2. The fraction of sp³-hybridized carbons (Fsp3) is 0.200. The molecule has 4 rings (SSSR count). The Bertz CT molecular complexity index is 932. The number of amidine groups is 1. The van der Waals surface area contributed by atoms with E-state index in [0.29, 0.717) is 30.8 Å². The molecule has 7 heteroatoms. The molecule has 3 amide bonds. The van der Waals surface area contributed by atoms with Gasteiger partial charge in [0.15, 0.2) is 0 Å². The Balaban J connectivity index is 1.26. The van der Waals surface area contributed by atoms with E-state index in [-0.39, 0.29) is 12.5 Å². The quantitative estimate of drug-likeness (QED) is 0.612. The van der Waals surface area contributed by atoms with Crippen LogP contribution in [0.1, 0.15) is 31.8 Å². The molecular formula is C20H18N4O3. The number of benzene rings is 2. The van der Waals surface area contributed by atoms with Crippen LogP contribution in [0.15, 0.2) is 53.5 Å². The molecule has 0 fully saturated rings. The van der Waals surface area contributed by atoms with Crippen molar-refractivity contribution in [2.45, 2.75) is 6.54 Å². The maximum absolute atomic E-state index is 12.3. The maximum Gasteiger partial charge on any atom is 0.262 e. The van der Waals surface area contributed by atoms with E-state index in [4.69, 9.17) is 0 Å². The lowest BCUT2D eigenvalue weighted by atomic mass is 10.1. The average molecular weight is 362 g/mol. The summed E-state index contributed by atoms with van der Waals surface area (Å²) in [5.41, 5.74) is 2.94. The number of carbonyl (C=O) groups excluding carboxylic acids is 3. The molecule has 0 unspecified atom stereocenters. The van der Waals surface area contributed by atoms with E-state index in [1.54, 1.807) is 24.3 Å². The van der Waals surface area contributed by atoms with Gasteiger partial charge in [0.05, 0.1) is 17.7 Å². The Morgan fingerprint density at radius 1 is 0.926 bits per heavy atom. The van der Waals surface area contributed by atoms with Gasteiger partial charge in [-0.25, -0.2) is 0 Å². The second-order valence-electron chi connectivity index (χ2n) is 6.34. The van der Waals surface area contributed by atoms with Crippen molar-refractivity contribution in [2.24, 2.45) is 4.99 Å². The van der Waals surface area contributed by atoms with Crippen LogP contribution in [-0.4, -0.2) is 48.1 Å². The van der Waals surface area contributed by atoms with Crippen LogP contribution in [0.25, 0.3) is 0 Å². The van der Waals surface area contributed by atoms with Gasteiger partial charge < -0.3 is 10.6 Å². The first-order chi connectivity index (χ1) is 13.1. The van der Waals surface area contributed by atoms with Crippen LogP contribution in [0, 0.1) is 0 Å². The van der Waals surface area contributed by atoms with Crippen LogP contribution < -0.4 is 10.6 Å². The van der Waals surface area contributed by atoms with E-state index in [1.807, 2.05) is 24.3 Å². The Morgan fingerprint density at radius 2 is 1.56 bits per heavy atom. The van der Waals surface area contributed by atoms with Crippen molar-refractivity contribution in [1.29, 1.82) is 0 Å². The van der Waals surface area contributed by atoms with Gasteiger partial charge in [0.25, 0.3) is 11.8 Å². The largest absolute Gasteiger partial charge is 0.368 e. The normalized spacial score (nSPS) is 14.7. The monoisotopic (exact) mass is 362 g/mol. The van der Waals surface area contributed by atoms with Gasteiger partial charge in [0.2, 0.25) is 5.91 Å². The highest BCUT2D eigenvalue weighted by Crippen LogP contribution is 2.21. The van der Waals surface area contributed by atoms with Gasteiger partial charge in [-0.05, 0) is 17.7 Å². The number of amides is 3. The number of aliphatic imine (C=N–C) groups is 1. The van der Waals surface area contributed by atoms with Crippen molar-refractivity contribution < 1.29 is 14.4 Å². The fourth-order valence-electron chi connectivity index (χ4n) is 3.25. The third-order valence-corrected chi connectivity index (χ3v) is 4.60. The van der Waals surface area contributed by atoms with Crippen molar-refractivity contribution in [3.8, 4) is 0 Å². The summed E-state index contributed by atoms with van der Waals surface area (Å²) in [4.78, 5) is 42.1. The van der Waals surface area contributed by atoms with Gasteiger partial charge in [-0.2, -0.15) is 0 Å². The fourth-order valence-corrected chi connectivity index (χ4v) is 3.25. The minimum absolute atomic E-state index is 0.282. The van der Waals surface area contributed by atoms with Gasteiger partial charge in [-0.15, -0.1) is 0 Å². The van der Waals surface area contributed by atoms with Crippen LogP contribution in [0.2, 0.25) is 0 Å². The lowest BCUT2D eigenvalue weighted by Gasteiger charge is -2.14. The Morgan fingerprint density at radius 3 is 2.26 bits per heavy atom. The summed E-state index contributed by atoms with van der Waals surface area (Å²) in [6, 6.07) is 14.6. The molecule has 2 aromatic carbocycles. The summed E-state index contributed by atoms with van der Waals surface area (Å²) in [6.45, 7) is 1.24. The first kappa shape index (κ1) is 17.0. The summed E-state index contributed by atoms with van der Waals surface area (Å²) >= 11 is 0. The van der Waals surface area contributed by atoms with Gasteiger partial charge in [-0.1, -0.05) is 36.4 Å². The van der Waals surface area contributed by atoms with E-state index in [9.17, 15) is 14.4 Å². The minimum Gasteiger partial charge on any atom is -0.368 e. The van der Waals surface area contributed by atoms with Crippen LogP contribution in [-0.2, 0) is 11.3 Å². The van der Waals surface area contributed by atoms with Crippen molar-refractivity contribution in [3.63, 3.8) is 0 Å². The molecular weight excluding hydrogens is 344 g/mol. The zero-order chi connectivity index (χ0) is 18.8. The summed E-state index contributed by atoms with van der Waals surface area (Å²) in [5, 5.41) is 5.93. The van der Waals surface area contributed by atoms with Gasteiger partial charge in [0.1, 0.15) is 12.4 Å². The molecule has 0 atom stereocenters. The van der Waals surface area contributed by atoms with Crippen molar-refractivity contribution in [3.05, 3.63) is 70.8 Å². The summed E-state index contributed by atoms with van der Waals surface area (Å²) < 4.78 is 0. The zero-order valence-corrected chi connectivity index (χ0v) is 14.6. The molecule has 2 aromatic rings. The molecule has 2 aliphatic heterocycles. The SMILES string of the molecule is O=C(CN1C(=O)c2ccccc2C1=O)NCCNC1=NCc2ccccc21. The number of hydrogen-bond acceptors (Lipinski definition) is 5. The molecule has 0 bridgehead atoms. The van der Waals surface area contributed by atoms with Crippen molar-refractivity contribution >= 4 is 23.6 Å². The van der Waals surface area contributed by atoms with E-state index in [0.717, 1.165) is 16.3 Å². The lowest BCUT2D eigenvalue weighted by Crippen LogP contribution is -2.42. The summed E-state index contributed by atoms with van der Waals surface area (Å²) in [7, 11) is 0. The van der Waals surface area contributed by atoms with E-state index >= 15 is 0 Å². The minimum atomic E-state index is -0.430. The predicted octanol–water partition coefficient (Wildman–Crippen LogP) is 0.949. The van der Waals surface area contributed by atoms with Crippen molar-refractivity contribution in [2.75, 3.05) is 19.6 Å². The molecule has 136 valence electrons. The lowest BCUT2D eigenvalue weighted by molar-refractivity contribution is -0.121. The molecule has 0 aromatic heterocycles. The molecule has 2 N–H and O–H groups in total. The van der Waals surface area contributed by atoms with E-state index in [2.05, 4.69) is 15.6 Å². The highest BCUT2D eigenvalue weighted by Gasteiger charge is 2.36. The molecule has 0 spiro atoms. The number of hydrogen-bond donors (Lipinski definition) is 2. The smallest absolute Gasteiger partial charge is 0.262 e. The molecule has 0 saturated heterocycles. The second kappa shape index (κ2) is 7.03. The summed E-state index contributed by atoms with van der Waals surface area (Å²) in [5.74, 6) is -0.415. The van der Waals surface area contributed by atoms with Gasteiger partial charge in [0, 0.05) is 18.7 Å². The summed E-state index contributed by atoms with van der Waals surface area (Å²) in [6.07, 6.45) is 0.